The number of hydrogen-bond donors (Lipinski definition) is 2. The quantitative estimate of drug-likeness (QED) is 0.883. The first-order valence-corrected chi connectivity index (χ1v) is 5.85. The second-order valence-electron chi connectivity index (χ2n) is 4.11. The van der Waals surface area contributed by atoms with Crippen LogP contribution in [0.15, 0.2) is 30.6 Å². The van der Waals surface area contributed by atoms with Crippen molar-refractivity contribution in [3.63, 3.8) is 0 Å². The first-order valence-electron chi connectivity index (χ1n) is 5.85. The van der Waals surface area contributed by atoms with Crippen molar-refractivity contribution in [3.05, 3.63) is 53.5 Å². The number of hydrogen-bond acceptors (Lipinski definition) is 4. The summed E-state index contributed by atoms with van der Waals surface area (Å²) < 4.78 is 25.9. The number of anilines is 1. The first-order chi connectivity index (χ1) is 9.54. The van der Waals surface area contributed by atoms with Gasteiger partial charge in [0, 0.05) is 12.6 Å². The van der Waals surface area contributed by atoms with Crippen LogP contribution in [0.1, 0.15) is 16.1 Å². The Morgan fingerprint density at radius 3 is 2.45 bits per heavy atom. The molecule has 1 aromatic carbocycles. The summed E-state index contributed by atoms with van der Waals surface area (Å²) in [4.78, 5) is 19.2. The van der Waals surface area contributed by atoms with Gasteiger partial charge in [0.2, 0.25) is 0 Å². The van der Waals surface area contributed by atoms with Crippen molar-refractivity contribution < 1.29 is 13.6 Å². The monoisotopic (exact) mass is 278 g/mol. The van der Waals surface area contributed by atoms with E-state index in [9.17, 15) is 13.6 Å². The number of nitrogens with zero attached hydrogens (tertiary/aromatic N) is 2. The van der Waals surface area contributed by atoms with Crippen LogP contribution in [0.3, 0.4) is 0 Å². The molecular formula is C13H12F2N4O. The molecule has 2 aromatic rings. The molecule has 104 valence electrons. The number of carbonyl (C=O) groups excluding carboxylic acids is 1. The fourth-order valence-electron chi connectivity index (χ4n) is 1.62. The Balaban J connectivity index is 1.89. The molecule has 0 bridgehead atoms. The average molecular weight is 278 g/mol. The number of nitrogens with one attached hydrogen (secondary N) is 1. The van der Waals surface area contributed by atoms with Crippen LogP contribution in [0.25, 0.3) is 0 Å². The maximum atomic E-state index is 13.0. The van der Waals surface area contributed by atoms with E-state index in [0.717, 1.165) is 6.07 Å². The SMILES string of the molecule is Nc1cnc(C(=O)NCCc2cc(F)cc(F)c2)cn1. The van der Waals surface area contributed by atoms with E-state index in [0.29, 0.717) is 12.0 Å². The molecule has 5 nitrogen and oxygen atoms in total. The molecule has 0 aliphatic carbocycles. The minimum atomic E-state index is -0.643. The molecule has 2 rings (SSSR count). The van der Waals surface area contributed by atoms with E-state index in [4.69, 9.17) is 5.73 Å². The fraction of sp³-hybridized carbons (Fsp3) is 0.154. The van der Waals surface area contributed by atoms with Crippen LogP contribution in [0, 0.1) is 11.6 Å². The van der Waals surface area contributed by atoms with Gasteiger partial charge in [-0.3, -0.25) is 4.79 Å². The van der Waals surface area contributed by atoms with E-state index in [1.165, 1.54) is 24.5 Å². The number of amides is 1. The van der Waals surface area contributed by atoms with Gasteiger partial charge in [-0.25, -0.2) is 18.7 Å². The molecule has 0 saturated heterocycles. The van der Waals surface area contributed by atoms with Crippen molar-refractivity contribution in [1.29, 1.82) is 0 Å². The zero-order chi connectivity index (χ0) is 14.5. The Bertz CT molecular complexity index is 596. The summed E-state index contributed by atoms with van der Waals surface area (Å²) in [5, 5.41) is 2.58. The van der Waals surface area contributed by atoms with Crippen LogP contribution >= 0.6 is 0 Å². The highest BCUT2D eigenvalue weighted by molar-refractivity contribution is 5.91. The summed E-state index contributed by atoms with van der Waals surface area (Å²) in [6.07, 6.45) is 2.84. The number of nitrogens with two attached hydrogens (primary N) is 1. The van der Waals surface area contributed by atoms with E-state index in [2.05, 4.69) is 15.3 Å². The highest BCUT2D eigenvalue weighted by Gasteiger charge is 2.07. The third kappa shape index (κ3) is 3.71. The first kappa shape index (κ1) is 13.9. The Morgan fingerprint density at radius 2 is 1.85 bits per heavy atom. The Labute approximate surface area is 113 Å². The molecule has 0 unspecified atom stereocenters. The van der Waals surface area contributed by atoms with Crippen molar-refractivity contribution in [2.75, 3.05) is 12.3 Å². The Hall–Kier alpha value is -2.57. The summed E-state index contributed by atoms with van der Waals surface area (Å²) in [7, 11) is 0. The molecule has 0 aliphatic rings. The highest BCUT2D eigenvalue weighted by Crippen LogP contribution is 2.08. The average Bonchev–Trinajstić information content (AvgIpc) is 2.38. The summed E-state index contributed by atoms with van der Waals surface area (Å²) in [6, 6.07) is 3.24. The number of rotatable bonds is 4. The summed E-state index contributed by atoms with van der Waals surface area (Å²) >= 11 is 0. The van der Waals surface area contributed by atoms with Crippen LogP contribution < -0.4 is 11.1 Å². The fourth-order valence-corrected chi connectivity index (χ4v) is 1.62. The van der Waals surface area contributed by atoms with Gasteiger partial charge in [0.15, 0.2) is 0 Å². The molecule has 1 heterocycles. The largest absolute Gasteiger partial charge is 0.382 e. The number of benzene rings is 1. The Morgan fingerprint density at radius 1 is 1.15 bits per heavy atom. The number of aromatic nitrogens is 2. The molecule has 0 spiro atoms. The summed E-state index contributed by atoms with van der Waals surface area (Å²) in [5.74, 6) is -1.49. The topological polar surface area (TPSA) is 80.9 Å². The van der Waals surface area contributed by atoms with E-state index < -0.39 is 17.5 Å². The molecular weight excluding hydrogens is 266 g/mol. The van der Waals surface area contributed by atoms with E-state index >= 15 is 0 Å². The van der Waals surface area contributed by atoms with Gasteiger partial charge in [0.25, 0.3) is 5.91 Å². The molecule has 1 aromatic heterocycles. The lowest BCUT2D eigenvalue weighted by molar-refractivity contribution is 0.0949. The maximum absolute atomic E-state index is 13.0. The molecule has 1 amide bonds. The smallest absolute Gasteiger partial charge is 0.271 e. The second kappa shape index (κ2) is 6.05. The van der Waals surface area contributed by atoms with Crippen molar-refractivity contribution in [3.8, 4) is 0 Å². The minimum absolute atomic E-state index is 0.129. The zero-order valence-corrected chi connectivity index (χ0v) is 10.4. The highest BCUT2D eigenvalue weighted by atomic mass is 19.1. The molecule has 7 heteroatoms. The van der Waals surface area contributed by atoms with Crippen LogP contribution in [-0.2, 0) is 6.42 Å². The lowest BCUT2D eigenvalue weighted by Gasteiger charge is -2.05. The van der Waals surface area contributed by atoms with Gasteiger partial charge in [-0.05, 0) is 24.1 Å². The molecule has 20 heavy (non-hydrogen) atoms. The van der Waals surface area contributed by atoms with Crippen LogP contribution in [0.4, 0.5) is 14.6 Å². The van der Waals surface area contributed by atoms with Crippen LogP contribution in [0.2, 0.25) is 0 Å². The van der Waals surface area contributed by atoms with Crippen molar-refractivity contribution in [2.45, 2.75) is 6.42 Å². The molecule has 0 aliphatic heterocycles. The molecule has 0 saturated carbocycles. The van der Waals surface area contributed by atoms with Gasteiger partial charge in [-0.1, -0.05) is 0 Å². The van der Waals surface area contributed by atoms with E-state index in [1.54, 1.807) is 0 Å². The van der Waals surface area contributed by atoms with E-state index in [-0.39, 0.29) is 18.1 Å². The minimum Gasteiger partial charge on any atom is -0.382 e. The molecule has 3 N–H and O–H groups in total. The summed E-state index contributed by atoms with van der Waals surface area (Å²) in [5.41, 5.74) is 5.95. The van der Waals surface area contributed by atoms with E-state index in [1.807, 2.05) is 0 Å². The Kier molecular flexibility index (Phi) is 4.19. The van der Waals surface area contributed by atoms with Crippen molar-refractivity contribution in [2.24, 2.45) is 0 Å². The molecule has 0 radical (unpaired) electrons. The van der Waals surface area contributed by atoms with Gasteiger partial charge in [0.05, 0.1) is 12.4 Å². The maximum Gasteiger partial charge on any atom is 0.271 e. The van der Waals surface area contributed by atoms with Crippen molar-refractivity contribution in [1.82, 2.24) is 15.3 Å². The molecule has 0 fully saturated rings. The lowest BCUT2D eigenvalue weighted by atomic mass is 10.1. The predicted octanol–water partition coefficient (Wildman–Crippen LogP) is 1.31. The van der Waals surface area contributed by atoms with Crippen molar-refractivity contribution >= 4 is 11.7 Å². The standard InChI is InChI=1S/C13H12F2N4O/c14-9-3-8(4-10(15)5-9)1-2-17-13(20)11-6-19-12(16)7-18-11/h3-7H,1-2H2,(H2,16,19)(H,17,20). The number of carbonyl (C=O) groups is 1. The van der Waals surface area contributed by atoms with Crippen LogP contribution in [0.5, 0.6) is 0 Å². The predicted molar refractivity (Wildman–Crippen MR) is 68.8 cm³/mol. The normalized spacial score (nSPS) is 10.3. The summed E-state index contributed by atoms with van der Waals surface area (Å²) in [6.45, 7) is 0.230. The lowest BCUT2D eigenvalue weighted by Crippen LogP contribution is -2.26. The number of halogens is 2. The third-order valence-electron chi connectivity index (χ3n) is 2.53. The van der Waals surface area contributed by atoms with Gasteiger partial charge < -0.3 is 11.1 Å². The molecule has 0 atom stereocenters. The van der Waals surface area contributed by atoms with Gasteiger partial charge >= 0.3 is 0 Å². The van der Waals surface area contributed by atoms with Gasteiger partial charge in [-0.15, -0.1) is 0 Å². The van der Waals surface area contributed by atoms with Crippen LogP contribution in [-0.4, -0.2) is 22.4 Å². The van der Waals surface area contributed by atoms with Gasteiger partial charge in [-0.2, -0.15) is 0 Å². The third-order valence-corrected chi connectivity index (χ3v) is 2.53. The number of nitrogen functional groups attached to an aromatic ring is 1. The zero-order valence-electron chi connectivity index (χ0n) is 10.4. The second-order valence-corrected chi connectivity index (χ2v) is 4.11. The van der Waals surface area contributed by atoms with Gasteiger partial charge in [0.1, 0.15) is 23.1 Å².